The number of hydrogen-bond acceptors (Lipinski definition) is 7. The minimum Gasteiger partial charge on any atom is -0.458 e. The zero-order valence-electron chi connectivity index (χ0n) is 14.3. The average Bonchev–Trinajstić information content (AvgIpc) is 2.42. The van der Waals surface area contributed by atoms with E-state index in [1.165, 1.54) is 0 Å². The molecule has 0 aromatic carbocycles. The van der Waals surface area contributed by atoms with Crippen molar-refractivity contribution in [3.8, 4) is 0 Å². The fourth-order valence-corrected chi connectivity index (χ4v) is 1.36. The van der Waals surface area contributed by atoms with Crippen molar-refractivity contribution >= 4 is 5.97 Å². The normalized spacial score (nSPS) is 11.6. The van der Waals surface area contributed by atoms with E-state index >= 15 is 0 Å². The van der Waals surface area contributed by atoms with Crippen LogP contribution in [0.2, 0.25) is 0 Å². The van der Waals surface area contributed by atoms with Crippen molar-refractivity contribution in [2.45, 2.75) is 26.4 Å². The lowest BCUT2D eigenvalue weighted by Gasteiger charge is -2.19. The van der Waals surface area contributed by atoms with Gasteiger partial charge in [0.25, 0.3) is 0 Å². The third-order valence-electron chi connectivity index (χ3n) is 2.25. The van der Waals surface area contributed by atoms with Crippen LogP contribution in [0, 0.1) is 0 Å². The lowest BCUT2D eigenvalue weighted by atomic mass is 10.2. The third kappa shape index (κ3) is 17.3. The molecule has 0 rings (SSSR count). The first kappa shape index (κ1) is 21.3. The molecule has 0 radical (unpaired) electrons. The van der Waals surface area contributed by atoms with Crippen LogP contribution in [0.1, 0.15) is 20.8 Å². The quantitative estimate of drug-likeness (QED) is 0.371. The number of hydrogen-bond donors (Lipinski definition) is 1. The van der Waals surface area contributed by atoms with Crippen molar-refractivity contribution in [3.05, 3.63) is 0 Å². The highest BCUT2D eigenvalue weighted by Gasteiger charge is 2.15. The summed E-state index contributed by atoms with van der Waals surface area (Å²) in [7, 11) is 1.88. The summed E-state index contributed by atoms with van der Waals surface area (Å²) in [4.78, 5) is 11.3. The fraction of sp³-hybridized carbons (Fsp3) is 0.933. The van der Waals surface area contributed by atoms with E-state index < -0.39 is 5.60 Å². The number of nitrogens with one attached hydrogen (secondary N) is 1. The van der Waals surface area contributed by atoms with Crippen LogP contribution in [-0.4, -0.2) is 78.0 Å². The first-order valence-electron chi connectivity index (χ1n) is 7.63. The second-order valence-corrected chi connectivity index (χ2v) is 5.58. The maximum absolute atomic E-state index is 11.3. The molecular weight excluding hydrogens is 290 g/mol. The van der Waals surface area contributed by atoms with Crippen molar-refractivity contribution in [3.63, 3.8) is 0 Å². The van der Waals surface area contributed by atoms with Crippen LogP contribution < -0.4 is 5.32 Å². The zero-order valence-corrected chi connectivity index (χ0v) is 14.3. The van der Waals surface area contributed by atoms with Gasteiger partial charge in [0.05, 0.1) is 46.2 Å². The average molecular weight is 321 g/mol. The molecule has 0 fully saturated rings. The number of ether oxygens (including phenoxy) is 5. The lowest BCUT2D eigenvalue weighted by Crippen LogP contribution is -2.27. The van der Waals surface area contributed by atoms with Crippen LogP contribution in [0.15, 0.2) is 0 Å². The Morgan fingerprint density at radius 3 is 1.73 bits per heavy atom. The molecule has 0 aliphatic heterocycles. The van der Waals surface area contributed by atoms with Gasteiger partial charge < -0.3 is 29.0 Å². The first-order valence-corrected chi connectivity index (χ1v) is 7.63. The summed E-state index contributed by atoms with van der Waals surface area (Å²) in [5.74, 6) is -0.367. The zero-order chi connectivity index (χ0) is 16.7. The molecule has 0 amide bonds. The third-order valence-corrected chi connectivity index (χ3v) is 2.25. The van der Waals surface area contributed by atoms with Crippen molar-refractivity contribution in [1.82, 2.24) is 5.32 Å². The van der Waals surface area contributed by atoms with E-state index in [2.05, 4.69) is 5.32 Å². The Morgan fingerprint density at radius 2 is 1.27 bits per heavy atom. The largest absolute Gasteiger partial charge is 0.458 e. The molecule has 0 aromatic heterocycles. The van der Waals surface area contributed by atoms with Gasteiger partial charge in [0.2, 0.25) is 0 Å². The molecule has 7 nitrogen and oxygen atoms in total. The Labute approximate surface area is 133 Å². The molecule has 1 N–H and O–H groups in total. The summed E-state index contributed by atoms with van der Waals surface area (Å²) >= 11 is 0. The molecule has 0 unspecified atom stereocenters. The molecule has 132 valence electrons. The van der Waals surface area contributed by atoms with E-state index in [0.29, 0.717) is 46.2 Å². The number of carbonyl (C=O) groups is 1. The molecule has 0 aromatic rings. The van der Waals surface area contributed by atoms with Gasteiger partial charge in [0, 0.05) is 6.54 Å². The van der Waals surface area contributed by atoms with Gasteiger partial charge in [-0.25, -0.2) is 4.79 Å². The van der Waals surface area contributed by atoms with Crippen LogP contribution >= 0.6 is 0 Å². The molecule has 0 aliphatic rings. The van der Waals surface area contributed by atoms with Gasteiger partial charge in [-0.05, 0) is 27.8 Å². The Hall–Kier alpha value is -0.730. The van der Waals surface area contributed by atoms with Crippen LogP contribution in [0.5, 0.6) is 0 Å². The van der Waals surface area contributed by atoms with E-state index in [0.717, 1.165) is 6.54 Å². The van der Waals surface area contributed by atoms with Crippen molar-refractivity contribution in [2.24, 2.45) is 0 Å². The van der Waals surface area contributed by atoms with E-state index in [1.54, 1.807) is 0 Å². The fourth-order valence-electron chi connectivity index (χ4n) is 1.36. The van der Waals surface area contributed by atoms with E-state index in [-0.39, 0.29) is 12.6 Å². The van der Waals surface area contributed by atoms with Gasteiger partial charge in [0.15, 0.2) is 0 Å². The Bertz CT molecular complexity index is 267. The monoisotopic (exact) mass is 321 g/mol. The second kappa shape index (κ2) is 13.9. The van der Waals surface area contributed by atoms with Gasteiger partial charge in [-0.3, -0.25) is 0 Å². The summed E-state index contributed by atoms with van der Waals surface area (Å²) in [5, 5.41) is 2.99. The number of esters is 1. The number of likely N-dealkylation sites (N-methyl/N-ethyl adjacent to an activating group) is 1. The molecule has 0 spiro atoms. The maximum atomic E-state index is 11.3. The molecule has 22 heavy (non-hydrogen) atoms. The summed E-state index contributed by atoms with van der Waals surface area (Å²) in [5.41, 5.74) is -0.481. The highest BCUT2D eigenvalue weighted by atomic mass is 16.6. The van der Waals surface area contributed by atoms with Crippen LogP contribution in [0.4, 0.5) is 0 Å². The highest BCUT2D eigenvalue weighted by molar-refractivity contribution is 5.71. The summed E-state index contributed by atoms with van der Waals surface area (Å²) < 4.78 is 26.2. The van der Waals surface area contributed by atoms with Gasteiger partial charge in [-0.15, -0.1) is 0 Å². The van der Waals surface area contributed by atoms with Gasteiger partial charge in [-0.2, -0.15) is 0 Å². The minimum atomic E-state index is -0.481. The molecule has 0 heterocycles. The Balaban J connectivity index is 3.16. The molecule has 0 aliphatic carbocycles. The second-order valence-electron chi connectivity index (χ2n) is 5.58. The number of rotatable bonds is 14. The molecular formula is C15H31NO6. The first-order chi connectivity index (χ1) is 10.5. The highest BCUT2D eigenvalue weighted by Crippen LogP contribution is 2.06. The van der Waals surface area contributed by atoms with Crippen LogP contribution in [0.25, 0.3) is 0 Å². The summed E-state index contributed by atoms with van der Waals surface area (Å²) in [6.07, 6.45) is 0. The van der Waals surface area contributed by atoms with E-state index in [4.69, 9.17) is 23.7 Å². The number of carbonyl (C=O) groups excluding carboxylic acids is 1. The standard InChI is InChI=1S/C15H31NO6/c1-15(2,3)22-14(17)13-21-12-11-20-10-9-19-8-7-18-6-5-16-4/h16H,5-13H2,1-4H3. The molecule has 0 saturated heterocycles. The van der Waals surface area contributed by atoms with Gasteiger partial charge in [0.1, 0.15) is 12.2 Å². The maximum Gasteiger partial charge on any atom is 0.332 e. The summed E-state index contributed by atoms with van der Waals surface area (Å²) in [6.45, 7) is 9.85. The van der Waals surface area contributed by atoms with Gasteiger partial charge >= 0.3 is 5.97 Å². The minimum absolute atomic E-state index is 0.0545. The van der Waals surface area contributed by atoms with Crippen molar-refractivity contribution in [2.75, 3.05) is 66.4 Å². The van der Waals surface area contributed by atoms with Gasteiger partial charge in [-0.1, -0.05) is 0 Å². The predicted molar refractivity (Wildman–Crippen MR) is 83.0 cm³/mol. The SMILES string of the molecule is CNCCOCCOCCOCCOCC(=O)OC(C)(C)C. The predicted octanol–water partition coefficient (Wildman–Crippen LogP) is 0.614. The summed E-state index contributed by atoms with van der Waals surface area (Å²) in [6, 6.07) is 0. The van der Waals surface area contributed by atoms with Crippen molar-refractivity contribution in [1.29, 1.82) is 0 Å². The van der Waals surface area contributed by atoms with E-state index in [1.807, 2.05) is 27.8 Å². The topological polar surface area (TPSA) is 75.3 Å². The van der Waals surface area contributed by atoms with Crippen LogP contribution in [-0.2, 0) is 28.5 Å². The molecule has 0 atom stereocenters. The Kier molecular flexibility index (Phi) is 13.4. The molecule has 7 heteroatoms. The van der Waals surface area contributed by atoms with E-state index in [9.17, 15) is 4.79 Å². The van der Waals surface area contributed by atoms with Crippen LogP contribution in [0.3, 0.4) is 0 Å². The van der Waals surface area contributed by atoms with Crippen molar-refractivity contribution < 1.29 is 28.5 Å². The smallest absolute Gasteiger partial charge is 0.332 e. The molecule has 0 saturated carbocycles. The lowest BCUT2D eigenvalue weighted by molar-refractivity contribution is -0.160. The molecule has 0 bridgehead atoms. The Morgan fingerprint density at radius 1 is 0.818 bits per heavy atom.